The summed E-state index contributed by atoms with van der Waals surface area (Å²) in [4.78, 5) is 0. The Bertz CT molecular complexity index is 739. The second kappa shape index (κ2) is 4.78. The molecular formula is C15H12ClN3. The van der Waals surface area contributed by atoms with Gasteiger partial charge in [-0.3, -0.25) is 5.10 Å². The number of aromatic amines is 1. The van der Waals surface area contributed by atoms with Gasteiger partial charge in [-0.05, 0) is 30.4 Å². The number of halogens is 1. The average Bonchev–Trinajstić information content (AvgIpc) is 2.82. The van der Waals surface area contributed by atoms with Crippen LogP contribution in [0.1, 0.15) is 11.3 Å². The summed E-state index contributed by atoms with van der Waals surface area (Å²) in [5.74, 6) is 0. The van der Waals surface area contributed by atoms with E-state index in [1.165, 1.54) is 0 Å². The second-order valence-electron chi connectivity index (χ2n) is 4.23. The van der Waals surface area contributed by atoms with Crippen molar-refractivity contribution >= 4 is 40.3 Å². The minimum Gasteiger partial charge on any atom is -0.398 e. The van der Waals surface area contributed by atoms with Crippen LogP contribution < -0.4 is 5.73 Å². The number of fused-ring (bicyclic) bond motifs is 1. The molecule has 0 bridgehead atoms. The monoisotopic (exact) mass is 269 g/mol. The highest BCUT2D eigenvalue weighted by molar-refractivity contribution is 6.32. The Morgan fingerprint density at radius 1 is 1.05 bits per heavy atom. The number of benzene rings is 2. The smallest absolute Gasteiger partial charge is 0.0927 e. The van der Waals surface area contributed by atoms with Crippen LogP contribution in [0.3, 0.4) is 0 Å². The molecule has 0 saturated heterocycles. The van der Waals surface area contributed by atoms with E-state index >= 15 is 0 Å². The van der Waals surface area contributed by atoms with Gasteiger partial charge in [-0.1, -0.05) is 35.9 Å². The molecule has 1 heterocycles. The maximum absolute atomic E-state index is 6.13. The first-order chi connectivity index (χ1) is 9.25. The zero-order valence-electron chi connectivity index (χ0n) is 10.1. The van der Waals surface area contributed by atoms with E-state index in [4.69, 9.17) is 17.3 Å². The molecule has 4 heteroatoms. The number of nitrogens with one attached hydrogen (secondary N) is 1. The summed E-state index contributed by atoms with van der Waals surface area (Å²) in [6.07, 6.45) is 3.80. The van der Waals surface area contributed by atoms with Crippen molar-refractivity contribution in [3.05, 3.63) is 58.7 Å². The van der Waals surface area contributed by atoms with Crippen LogP contribution in [-0.4, -0.2) is 10.2 Å². The van der Waals surface area contributed by atoms with Gasteiger partial charge in [-0.15, -0.1) is 0 Å². The van der Waals surface area contributed by atoms with Crippen LogP contribution in [0, 0.1) is 0 Å². The minimum absolute atomic E-state index is 0.635. The third kappa shape index (κ3) is 2.20. The predicted octanol–water partition coefficient (Wildman–Crippen LogP) is 3.97. The van der Waals surface area contributed by atoms with Gasteiger partial charge in [0.05, 0.1) is 11.2 Å². The molecule has 3 rings (SSSR count). The number of aromatic nitrogens is 2. The fourth-order valence-electron chi connectivity index (χ4n) is 2.00. The number of H-pyrrole nitrogens is 1. The van der Waals surface area contributed by atoms with Crippen molar-refractivity contribution in [1.29, 1.82) is 0 Å². The molecular weight excluding hydrogens is 258 g/mol. The lowest BCUT2D eigenvalue weighted by atomic mass is 10.1. The minimum atomic E-state index is 0.635. The summed E-state index contributed by atoms with van der Waals surface area (Å²) in [6, 6.07) is 13.4. The van der Waals surface area contributed by atoms with Crippen molar-refractivity contribution in [1.82, 2.24) is 10.2 Å². The standard InChI is InChI=1S/C15H12ClN3/c16-12-5-3-6-13(17)10(12)8-9-15-11-4-1-2-7-14(11)18-19-15/h1-9H,17H2,(H,18,19)/b9-8+. The van der Waals surface area contributed by atoms with E-state index in [1.807, 2.05) is 54.6 Å². The average molecular weight is 270 g/mol. The van der Waals surface area contributed by atoms with Crippen LogP contribution in [0.4, 0.5) is 5.69 Å². The number of hydrogen-bond acceptors (Lipinski definition) is 2. The van der Waals surface area contributed by atoms with Crippen molar-refractivity contribution in [3.63, 3.8) is 0 Å². The Balaban J connectivity index is 2.03. The van der Waals surface area contributed by atoms with Gasteiger partial charge in [0.2, 0.25) is 0 Å². The molecule has 0 fully saturated rings. The number of rotatable bonds is 2. The van der Waals surface area contributed by atoms with E-state index < -0.39 is 0 Å². The summed E-state index contributed by atoms with van der Waals surface area (Å²) in [5, 5.41) is 8.97. The molecule has 19 heavy (non-hydrogen) atoms. The molecule has 0 aliphatic carbocycles. The SMILES string of the molecule is Nc1cccc(Cl)c1/C=C/c1n[nH]c2ccccc12. The molecule has 1 aromatic heterocycles. The van der Waals surface area contributed by atoms with E-state index in [-0.39, 0.29) is 0 Å². The van der Waals surface area contributed by atoms with Crippen LogP contribution in [0.15, 0.2) is 42.5 Å². The fourth-order valence-corrected chi connectivity index (χ4v) is 2.25. The summed E-state index contributed by atoms with van der Waals surface area (Å²) in [6.45, 7) is 0. The van der Waals surface area contributed by atoms with Crippen molar-refractivity contribution in [2.24, 2.45) is 0 Å². The van der Waals surface area contributed by atoms with Gasteiger partial charge in [0.15, 0.2) is 0 Å². The van der Waals surface area contributed by atoms with E-state index in [0.29, 0.717) is 10.7 Å². The first kappa shape index (κ1) is 11.8. The number of para-hydroxylation sites is 1. The molecule has 0 amide bonds. The molecule has 0 unspecified atom stereocenters. The Labute approximate surface area is 115 Å². The Morgan fingerprint density at radius 2 is 1.89 bits per heavy atom. The fraction of sp³-hybridized carbons (Fsp3) is 0. The first-order valence-electron chi connectivity index (χ1n) is 5.91. The van der Waals surface area contributed by atoms with E-state index in [1.54, 1.807) is 0 Å². The predicted molar refractivity (Wildman–Crippen MR) is 80.9 cm³/mol. The summed E-state index contributed by atoms with van der Waals surface area (Å²) < 4.78 is 0. The van der Waals surface area contributed by atoms with Gasteiger partial charge < -0.3 is 5.73 Å². The molecule has 94 valence electrons. The van der Waals surface area contributed by atoms with Crippen molar-refractivity contribution < 1.29 is 0 Å². The van der Waals surface area contributed by atoms with Crippen LogP contribution >= 0.6 is 11.6 Å². The second-order valence-corrected chi connectivity index (χ2v) is 4.64. The molecule has 0 atom stereocenters. The zero-order chi connectivity index (χ0) is 13.2. The lowest BCUT2D eigenvalue weighted by molar-refractivity contribution is 1.11. The van der Waals surface area contributed by atoms with Crippen molar-refractivity contribution in [2.75, 3.05) is 5.73 Å². The van der Waals surface area contributed by atoms with E-state index in [0.717, 1.165) is 22.2 Å². The van der Waals surface area contributed by atoms with E-state index in [2.05, 4.69) is 10.2 Å². The maximum Gasteiger partial charge on any atom is 0.0927 e. The normalized spacial score (nSPS) is 11.4. The van der Waals surface area contributed by atoms with E-state index in [9.17, 15) is 0 Å². The van der Waals surface area contributed by atoms with Gasteiger partial charge >= 0.3 is 0 Å². The van der Waals surface area contributed by atoms with Gasteiger partial charge in [0.1, 0.15) is 0 Å². The van der Waals surface area contributed by atoms with Crippen molar-refractivity contribution in [3.8, 4) is 0 Å². The lowest BCUT2D eigenvalue weighted by Crippen LogP contribution is -1.89. The third-order valence-electron chi connectivity index (χ3n) is 2.99. The molecule has 3 N–H and O–H groups in total. The zero-order valence-corrected chi connectivity index (χ0v) is 10.9. The molecule has 0 aliphatic heterocycles. The Kier molecular flexibility index (Phi) is 2.97. The molecule has 0 aliphatic rings. The molecule has 3 aromatic rings. The summed E-state index contributed by atoms with van der Waals surface area (Å²) in [5.41, 5.74) is 9.26. The van der Waals surface area contributed by atoms with Gasteiger partial charge in [-0.2, -0.15) is 5.10 Å². The van der Waals surface area contributed by atoms with Gasteiger partial charge in [0.25, 0.3) is 0 Å². The largest absolute Gasteiger partial charge is 0.398 e. The van der Waals surface area contributed by atoms with Crippen LogP contribution in [0.25, 0.3) is 23.1 Å². The highest BCUT2D eigenvalue weighted by Gasteiger charge is 2.03. The number of anilines is 1. The van der Waals surface area contributed by atoms with Gasteiger partial charge in [0, 0.05) is 21.7 Å². The molecule has 0 saturated carbocycles. The van der Waals surface area contributed by atoms with Crippen LogP contribution in [0.2, 0.25) is 5.02 Å². The third-order valence-corrected chi connectivity index (χ3v) is 3.32. The topological polar surface area (TPSA) is 54.7 Å². The van der Waals surface area contributed by atoms with Gasteiger partial charge in [-0.25, -0.2) is 0 Å². The first-order valence-corrected chi connectivity index (χ1v) is 6.28. The highest BCUT2D eigenvalue weighted by atomic mass is 35.5. The Morgan fingerprint density at radius 3 is 2.74 bits per heavy atom. The van der Waals surface area contributed by atoms with Crippen molar-refractivity contribution in [2.45, 2.75) is 0 Å². The quantitative estimate of drug-likeness (QED) is 0.692. The maximum atomic E-state index is 6.13. The lowest BCUT2D eigenvalue weighted by Gasteiger charge is -2.01. The summed E-state index contributed by atoms with van der Waals surface area (Å²) in [7, 11) is 0. The number of nitrogens with two attached hydrogens (primary N) is 1. The van der Waals surface area contributed by atoms with Crippen LogP contribution in [-0.2, 0) is 0 Å². The molecule has 0 spiro atoms. The molecule has 0 radical (unpaired) electrons. The number of nitrogens with zero attached hydrogens (tertiary/aromatic N) is 1. The Hall–Kier alpha value is -2.26. The van der Waals surface area contributed by atoms with Crippen LogP contribution in [0.5, 0.6) is 0 Å². The molecule has 2 aromatic carbocycles. The molecule has 3 nitrogen and oxygen atoms in total. The number of nitrogen functional groups attached to an aromatic ring is 1. The highest BCUT2D eigenvalue weighted by Crippen LogP contribution is 2.25. The summed E-state index contributed by atoms with van der Waals surface area (Å²) >= 11 is 6.13. The number of hydrogen-bond donors (Lipinski definition) is 2.